The summed E-state index contributed by atoms with van der Waals surface area (Å²) in [5.41, 5.74) is 0.493. The highest BCUT2D eigenvalue weighted by molar-refractivity contribution is 7.93. The molecule has 2 aromatic rings. The monoisotopic (exact) mass is 356 g/mol. The summed E-state index contributed by atoms with van der Waals surface area (Å²) in [6.45, 7) is -0.353. The second kappa shape index (κ2) is 5.46. The number of nitrogens with one attached hydrogen (secondary N) is 1. The van der Waals surface area contributed by atoms with Crippen LogP contribution in [0, 0.1) is 0 Å². The lowest BCUT2D eigenvalue weighted by atomic mass is 10.3. The summed E-state index contributed by atoms with van der Waals surface area (Å²) in [5.74, 6) is -0.440. The topological polar surface area (TPSA) is 66.5 Å². The Hall–Kier alpha value is -1.76. The quantitative estimate of drug-likeness (QED) is 0.853. The van der Waals surface area contributed by atoms with E-state index in [0.29, 0.717) is 0 Å². The molecule has 3 rings (SSSR count). The van der Waals surface area contributed by atoms with Gasteiger partial charge in [-0.05, 0) is 30.3 Å². The van der Waals surface area contributed by atoms with E-state index in [1.165, 1.54) is 24.3 Å². The third-order valence-electron chi connectivity index (χ3n) is 3.15. The van der Waals surface area contributed by atoms with Crippen LogP contribution in [-0.2, 0) is 14.8 Å². The zero-order valence-corrected chi connectivity index (χ0v) is 13.4. The average molecular weight is 357 g/mol. The van der Waals surface area contributed by atoms with Crippen LogP contribution >= 0.6 is 23.2 Å². The first-order chi connectivity index (χ1) is 10.4. The Morgan fingerprint density at radius 2 is 1.68 bits per heavy atom. The Kier molecular flexibility index (Phi) is 3.76. The number of hydrogen-bond acceptors (Lipinski definition) is 3. The minimum atomic E-state index is -3.91. The van der Waals surface area contributed by atoms with Gasteiger partial charge in [0.25, 0.3) is 10.0 Å². The Balaban J connectivity index is 2.21. The molecule has 1 aliphatic heterocycles. The number of hydrogen-bond donors (Lipinski definition) is 1. The Labute approximate surface area is 137 Å². The smallest absolute Gasteiger partial charge is 0.266 e. The molecule has 2 aromatic carbocycles. The molecule has 0 aromatic heterocycles. The lowest BCUT2D eigenvalue weighted by Crippen LogP contribution is -2.35. The molecule has 5 nitrogen and oxygen atoms in total. The molecule has 0 unspecified atom stereocenters. The molecule has 1 heterocycles. The van der Waals surface area contributed by atoms with Gasteiger partial charge in [-0.15, -0.1) is 0 Å². The van der Waals surface area contributed by atoms with Gasteiger partial charge >= 0.3 is 0 Å². The maximum absolute atomic E-state index is 12.8. The van der Waals surface area contributed by atoms with Gasteiger partial charge in [-0.2, -0.15) is 0 Å². The maximum atomic E-state index is 12.8. The fourth-order valence-electron chi connectivity index (χ4n) is 2.23. The van der Waals surface area contributed by atoms with Crippen molar-refractivity contribution in [2.45, 2.75) is 4.90 Å². The van der Waals surface area contributed by atoms with Crippen molar-refractivity contribution in [1.82, 2.24) is 0 Å². The van der Waals surface area contributed by atoms with Crippen molar-refractivity contribution < 1.29 is 13.2 Å². The number of halogens is 2. The van der Waals surface area contributed by atoms with E-state index in [-0.39, 0.29) is 32.9 Å². The van der Waals surface area contributed by atoms with E-state index in [4.69, 9.17) is 23.2 Å². The van der Waals surface area contributed by atoms with Crippen LogP contribution in [0.1, 0.15) is 0 Å². The predicted octanol–water partition coefficient (Wildman–Crippen LogP) is 3.14. The van der Waals surface area contributed by atoms with Gasteiger partial charge in [0.2, 0.25) is 5.91 Å². The van der Waals surface area contributed by atoms with Gasteiger partial charge in [-0.25, -0.2) is 8.42 Å². The largest absolute Gasteiger partial charge is 0.323 e. The molecule has 1 aliphatic rings. The van der Waals surface area contributed by atoms with Crippen molar-refractivity contribution in [3.05, 3.63) is 52.5 Å². The van der Waals surface area contributed by atoms with Crippen molar-refractivity contribution in [3.63, 3.8) is 0 Å². The molecule has 1 amide bonds. The first-order valence-corrected chi connectivity index (χ1v) is 8.45. The number of fused-ring (bicyclic) bond motifs is 1. The Bertz CT molecular complexity index is 848. The molecule has 0 aliphatic carbocycles. The summed E-state index contributed by atoms with van der Waals surface area (Å²) in [6, 6.07) is 10.6. The van der Waals surface area contributed by atoms with Crippen LogP contribution in [-0.4, -0.2) is 20.9 Å². The van der Waals surface area contributed by atoms with Crippen molar-refractivity contribution in [2.24, 2.45) is 0 Å². The standard InChI is InChI=1S/C14H10Cl2N2O3S/c15-9-5-10(16)7-11(6-9)18-8-14(19)17-12-3-1-2-4-13(12)22(18,20)21/h1-7H,8H2,(H,17,19). The highest BCUT2D eigenvalue weighted by atomic mass is 35.5. The highest BCUT2D eigenvalue weighted by Crippen LogP contribution is 2.33. The van der Waals surface area contributed by atoms with Gasteiger partial charge in [0.05, 0.1) is 11.4 Å². The molecule has 8 heteroatoms. The van der Waals surface area contributed by atoms with Crippen molar-refractivity contribution in [3.8, 4) is 0 Å². The molecule has 0 saturated heterocycles. The van der Waals surface area contributed by atoms with E-state index in [0.717, 1.165) is 4.31 Å². The van der Waals surface area contributed by atoms with Crippen LogP contribution in [0.5, 0.6) is 0 Å². The Morgan fingerprint density at radius 1 is 1.05 bits per heavy atom. The summed E-state index contributed by atoms with van der Waals surface area (Å²) in [5, 5.41) is 3.16. The summed E-state index contributed by atoms with van der Waals surface area (Å²) < 4.78 is 26.7. The number of para-hydroxylation sites is 1. The van der Waals surface area contributed by atoms with E-state index in [1.807, 2.05) is 0 Å². The predicted molar refractivity (Wildman–Crippen MR) is 86.1 cm³/mol. The van der Waals surface area contributed by atoms with Gasteiger partial charge in [0.1, 0.15) is 11.4 Å². The normalized spacial score (nSPS) is 16.6. The molecule has 0 spiro atoms. The number of benzene rings is 2. The number of carbonyl (C=O) groups is 1. The average Bonchev–Trinajstić information content (AvgIpc) is 2.53. The summed E-state index contributed by atoms with van der Waals surface area (Å²) in [6.07, 6.45) is 0. The summed E-state index contributed by atoms with van der Waals surface area (Å²) >= 11 is 11.9. The van der Waals surface area contributed by atoms with Crippen molar-refractivity contribution in [2.75, 3.05) is 16.2 Å². The van der Waals surface area contributed by atoms with Crippen molar-refractivity contribution in [1.29, 1.82) is 0 Å². The third-order valence-corrected chi connectivity index (χ3v) is 5.42. The maximum Gasteiger partial charge on any atom is 0.266 e. The number of nitrogens with zero attached hydrogens (tertiary/aromatic N) is 1. The first-order valence-electron chi connectivity index (χ1n) is 6.25. The lowest BCUT2D eigenvalue weighted by Gasteiger charge is -2.21. The number of anilines is 2. The summed E-state index contributed by atoms with van der Waals surface area (Å²) in [7, 11) is -3.91. The SMILES string of the molecule is O=C1CN(c2cc(Cl)cc(Cl)c2)S(=O)(=O)c2ccccc2N1. The molecule has 1 N–H and O–H groups in total. The second-order valence-electron chi connectivity index (χ2n) is 4.68. The fraction of sp³-hybridized carbons (Fsp3) is 0.0714. The van der Waals surface area contributed by atoms with E-state index in [2.05, 4.69) is 5.32 Å². The molecule has 0 bridgehead atoms. The molecule has 114 valence electrons. The molecule has 0 radical (unpaired) electrons. The zero-order chi connectivity index (χ0) is 15.9. The van der Waals surface area contributed by atoms with Gasteiger partial charge < -0.3 is 5.32 Å². The van der Waals surface area contributed by atoms with Crippen molar-refractivity contribution >= 4 is 50.5 Å². The van der Waals surface area contributed by atoms with Gasteiger partial charge in [-0.1, -0.05) is 35.3 Å². The number of carbonyl (C=O) groups excluding carboxylic acids is 1. The lowest BCUT2D eigenvalue weighted by molar-refractivity contribution is -0.114. The molecule has 22 heavy (non-hydrogen) atoms. The second-order valence-corrected chi connectivity index (χ2v) is 7.39. The van der Waals surface area contributed by atoms with Crippen LogP contribution in [0.25, 0.3) is 0 Å². The van der Waals surface area contributed by atoms with Crippen LogP contribution < -0.4 is 9.62 Å². The molecule has 0 fully saturated rings. The number of rotatable bonds is 1. The molecular formula is C14H10Cl2N2O3S. The minimum Gasteiger partial charge on any atom is -0.323 e. The highest BCUT2D eigenvalue weighted by Gasteiger charge is 2.33. The number of sulfonamides is 1. The first kappa shape index (κ1) is 15.1. The zero-order valence-electron chi connectivity index (χ0n) is 11.1. The van der Waals surface area contributed by atoms with Crippen LogP contribution in [0.2, 0.25) is 10.0 Å². The molecule has 0 saturated carbocycles. The van der Waals surface area contributed by atoms with E-state index >= 15 is 0 Å². The van der Waals surface area contributed by atoms with Crippen LogP contribution in [0.3, 0.4) is 0 Å². The van der Waals surface area contributed by atoms with Gasteiger partial charge in [-0.3, -0.25) is 9.10 Å². The molecule has 0 atom stereocenters. The fourth-order valence-corrected chi connectivity index (χ4v) is 4.30. The number of amides is 1. The van der Waals surface area contributed by atoms with Crippen LogP contribution in [0.15, 0.2) is 47.4 Å². The summed E-state index contributed by atoms with van der Waals surface area (Å²) in [4.78, 5) is 12.0. The van der Waals surface area contributed by atoms with E-state index in [1.54, 1.807) is 18.2 Å². The Morgan fingerprint density at radius 3 is 2.36 bits per heavy atom. The minimum absolute atomic E-state index is 0.0250. The van der Waals surface area contributed by atoms with Gasteiger partial charge in [0.15, 0.2) is 0 Å². The van der Waals surface area contributed by atoms with Gasteiger partial charge in [0, 0.05) is 10.0 Å². The molecular weight excluding hydrogens is 347 g/mol. The van der Waals surface area contributed by atoms with Crippen LogP contribution in [0.4, 0.5) is 11.4 Å². The third kappa shape index (κ3) is 2.65. The van der Waals surface area contributed by atoms with E-state index in [9.17, 15) is 13.2 Å². The van der Waals surface area contributed by atoms with E-state index < -0.39 is 15.9 Å².